The minimum Gasteiger partial charge on any atom is -0.290 e. The Morgan fingerprint density at radius 3 is 0.971 bits per heavy atom. The number of carbonyl (C=O) groups excluding carboxylic acids is 1. The topological polar surface area (TPSA) is 17.1 Å². The van der Waals surface area contributed by atoms with Gasteiger partial charge in [0.25, 0.3) is 0 Å². The maximum atomic E-state index is 12.9. The van der Waals surface area contributed by atoms with E-state index in [1.165, 1.54) is 140 Å². The van der Waals surface area contributed by atoms with Crippen molar-refractivity contribution in [1.29, 1.82) is 0 Å². The van der Waals surface area contributed by atoms with Crippen LogP contribution in [0.5, 0.6) is 0 Å². The van der Waals surface area contributed by atoms with Gasteiger partial charge in [-0.3, -0.25) is 4.79 Å². The van der Waals surface area contributed by atoms with Crippen molar-refractivity contribution >= 4 is 5.78 Å². The molecule has 0 heterocycles. The Balaban J connectivity index is 4.55. The first-order chi connectivity index (χ1) is 16.7. The quantitative estimate of drug-likeness (QED) is 0.0899. The molecule has 200 valence electrons. The fraction of sp³-hybridized carbons (Fsp3) is 0.848. The molecule has 0 aliphatic rings. The van der Waals surface area contributed by atoms with Gasteiger partial charge in [0, 0.05) is 0 Å². The van der Waals surface area contributed by atoms with Crippen LogP contribution in [-0.2, 0) is 4.79 Å². The highest BCUT2D eigenvalue weighted by molar-refractivity contribution is 6.00. The van der Waals surface area contributed by atoms with E-state index < -0.39 is 0 Å². The maximum absolute atomic E-state index is 12.9. The first kappa shape index (κ1) is 33.1. The molecule has 0 saturated carbocycles. The minimum atomic E-state index is 0.260. The number of rotatable bonds is 26. The summed E-state index contributed by atoms with van der Waals surface area (Å²) in [4.78, 5) is 12.9. The SMILES string of the molecule is CCCCCCCCCCC(=CC(=O)C=C(CCCC)CCCCCCCCCC)CCCC. The molecule has 0 aromatic heterocycles. The van der Waals surface area contributed by atoms with Crippen molar-refractivity contribution < 1.29 is 4.79 Å². The highest BCUT2D eigenvalue weighted by Crippen LogP contribution is 2.20. The summed E-state index contributed by atoms with van der Waals surface area (Å²) in [5.41, 5.74) is 2.80. The molecule has 0 aromatic rings. The molecule has 0 amide bonds. The zero-order valence-electron chi connectivity index (χ0n) is 24.0. The maximum Gasteiger partial charge on any atom is 0.178 e. The zero-order valence-corrected chi connectivity index (χ0v) is 24.0. The van der Waals surface area contributed by atoms with Gasteiger partial charge in [0.05, 0.1) is 0 Å². The molecule has 0 radical (unpaired) electrons. The Kier molecular flexibility index (Phi) is 26.1. The predicted molar refractivity (Wildman–Crippen MR) is 155 cm³/mol. The molecule has 1 heteroatoms. The van der Waals surface area contributed by atoms with Gasteiger partial charge in [0.15, 0.2) is 5.78 Å². The highest BCUT2D eigenvalue weighted by atomic mass is 16.1. The van der Waals surface area contributed by atoms with Crippen LogP contribution in [0.2, 0.25) is 0 Å². The number of ketones is 1. The average molecular weight is 475 g/mol. The Bertz CT molecular complexity index is 455. The molecule has 1 nitrogen and oxygen atoms in total. The number of carbonyl (C=O) groups is 1. The van der Waals surface area contributed by atoms with Gasteiger partial charge in [-0.2, -0.15) is 0 Å². The van der Waals surface area contributed by atoms with Crippen LogP contribution in [-0.4, -0.2) is 5.78 Å². The van der Waals surface area contributed by atoms with Crippen molar-refractivity contribution in [2.24, 2.45) is 0 Å². The van der Waals surface area contributed by atoms with Gasteiger partial charge in [-0.1, -0.05) is 142 Å². The van der Waals surface area contributed by atoms with E-state index >= 15 is 0 Å². The smallest absolute Gasteiger partial charge is 0.178 e. The normalized spacial score (nSPS) is 12.5. The fourth-order valence-corrected chi connectivity index (χ4v) is 4.76. The van der Waals surface area contributed by atoms with Crippen LogP contribution in [0, 0.1) is 0 Å². The Morgan fingerprint density at radius 2 is 0.647 bits per heavy atom. The van der Waals surface area contributed by atoms with E-state index in [4.69, 9.17) is 0 Å². The summed E-state index contributed by atoms with van der Waals surface area (Å²) in [5, 5.41) is 0. The van der Waals surface area contributed by atoms with E-state index in [2.05, 4.69) is 27.7 Å². The number of hydrogen-bond acceptors (Lipinski definition) is 1. The molecule has 0 atom stereocenters. The lowest BCUT2D eigenvalue weighted by molar-refractivity contribution is -0.110. The van der Waals surface area contributed by atoms with Crippen molar-refractivity contribution in [3.8, 4) is 0 Å². The van der Waals surface area contributed by atoms with Gasteiger partial charge >= 0.3 is 0 Å². The average Bonchev–Trinajstić information content (AvgIpc) is 2.83. The third-order valence-electron chi connectivity index (χ3n) is 7.10. The molecule has 0 spiro atoms. The summed E-state index contributed by atoms with van der Waals surface area (Å²) in [6.07, 6.45) is 35.0. The van der Waals surface area contributed by atoms with Gasteiger partial charge < -0.3 is 0 Å². The molecule has 0 rings (SSSR count). The van der Waals surface area contributed by atoms with Crippen molar-refractivity contribution in [2.75, 3.05) is 0 Å². The van der Waals surface area contributed by atoms with Crippen LogP contribution in [0.15, 0.2) is 23.3 Å². The van der Waals surface area contributed by atoms with E-state index in [1.54, 1.807) is 0 Å². The van der Waals surface area contributed by atoms with Crippen molar-refractivity contribution in [3.05, 3.63) is 23.3 Å². The van der Waals surface area contributed by atoms with Gasteiger partial charge in [0.1, 0.15) is 0 Å². The molecular formula is C33H62O. The Labute approximate surface area is 215 Å². The molecule has 0 aliphatic heterocycles. The van der Waals surface area contributed by atoms with Crippen molar-refractivity contribution in [1.82, 2.24) is 0 Å². The largest absolute Gasteiger partial charge is 0.290 e. The molecule has 0 aliphatic carbocycles. The lowest BCUT2D eigenvalue weighted by Crippen LogP contribution is -1.96. The summed E-state index contributed by atoms with van der Waals surface area (Å²) < 4.78 is 0. The minimum absolute atomic E-state index is 0.260. The third kappa shape index (κ3) is 22.9. The molecule has 0 saturated heterocycles. The van der Waals surface area contributed by atoms with Crippen molar-refractivity contribution in [2.45, 2.75) is 182 Å². The second-order valence-corrected chi connectivity index (χ2v) is 10.7. The van der Waals surface area contributed by atoms with E-state index in [9.17, 15) is 4.79 Å². The van der Waals surface area contributed by atoms with Gasteiger partial charge in [-0.05, 0) is 63.5 Å². The van der Waals surface area contributed by atoms with E-state index in [1.807, 2.05) is 12.2 Å². The summed E-state index contributed by atoms with van der Waals surface area (Å²) in [6, 6.07) is 0. The fourth-order valence-electron chi connectivity index (χ4n) is 4.76. The van der Waals surface area contributed by atoms with Gasteiger partial charge in [-0.15, -0.1) is 0 Å². The first-order valence-corrected chi connectivity index (χ1v) is 15.6. The Morgan fingerprint density at radius 1 is 0.382 bits per heavy atom. The summed E-state index contributed by atoms with van der Waals surface area (Å²) in [5.74, 6) is 0.260. The summed E-state index contributed by atoms with van der Waals surface area (Å²) in [7, 11) is 0. The lowest BCUT2D eigenvalue weighted by Gasteiger charge is -2.09. The molecule has 0 aromatic carbocycles. The Hall–Kier alpha value is -0.850. The molecule has 0 bridgehead atoms. The molecule has 34 heavy (non-hydrogen) atoms. The number of hydrogen-bond donors (Lipinski definition) is 0. The molecule has 0 N–H and O–H groups in total. The third-order valence-corrected chi connectivity index (χ3v) is 7.10. The number of allylic oxidation sites excluding steroid dienone is 4. The number of unbranched alkanes of at least 4 members (excludes halogenated alkanes) is 16. The van der Waals surface area contributed by atoms with E-state index in [-0.39, 0.29) is 5.78 Å². The van der Waals surface area contributed by atoms with E-state index in [0.717, 1.165) is 25.7 Å². The highest BCUT2D eigenvalue weighted by Gasteiger charge is 2.05. The van der Waals surface area contributed by atoms with Crippen LogP contribution < -0.4 is 0 Å². The van der Waals surface area contributed by atoms with Crippen LogP contribution in [0.3, 0.4) is 0 Å². The van der Waals surface area contributed by atoms with E-state index in [0.29, 0.717) is 0 Å². The van der Waals surface area contributed by atoms with Crippen LogP contribution in [0.1, 0.15) is 182 Å². The summed E-state index contributed by atoms with van der Waals surface area (Å²) >= 11 is 0. The summed E-state index contributed by atoms with van der Waals surface area (Å²) in [6.45, 7) is 9.07. The standard InChI is InChI=1S/C33H62O/c1-5-9-13-15-17-19-21-23-27-31(25-11-7-3)29-33(34)30-32(26-12-8-4)28-24-22-20-18-16-14-10-6-2/h29-30H,5-28H2,1-4H3. The van der Waals surface area contributed by atoms with Crippen LogP contribution in [0.4, 0.5) is 0 Å². The predicted octanol–water partition coefficient (Wildman–Crippen LogP) is 11.9. The van der Waals surface area contributed by atoms with Crippen molar-refractivity contribution in [3.63, 3.8) is 0 Å². The lowest BCUT2D eigenvalue weighted by atomic mass is 9.97. The second kappa shape index (κ2) is 26.7. The first-order valence-electron chi connectivity index (χ1n) is 15.6. The zero-order chi connectivity index (χ0) is 25.1. The van der Waals surface area contributed by atoms with Gasteiger partial charge in [0.2, 0.25) is 0 Å². The van der Waals surface area contributed by atoms with Crippen LogP contribution in [0.25, 0.3) is 0 Å². The second-order valence-electron chi connectivity index (χ2n) is 10.7. The molecular weight excluding hydrogens is 412 g/mol. The molecule has 0 fully saturated rings. The van der Waals surface area contributed by atoms with Crippen LogP contribution >= 0.6 is 0 Å². The molecule has 0 unspecified atom stereocenters. The van der Waals surface area contributed by atoms with Gasteiger partial charge in [-0.25, -0.2) is 0 Å². The monoisotopic (exact) mass is 474 g/mol.